The van der Waals surface area contributed by atoms with Crippen LogP contribution in [-0.4, -0.2) is 71.6 Å². The second-order valence-electron chi connectivity index (χ2n) is 5.97. The van der Waals surface area contributed by atoms with Gasteiger partial charge in [0.25, 0.3) is 0 Å². The lowest BCUT2D eigenvalue weighted by Gasteiger charge is -2.37. The second kappa shape index (κ2) is 7.68. The topological polar surface area (TPSA) is 110 Å². The fourth-order valence-electron chi connectivity index (χ4n) is 1.08. The molecule has 0 aromatic carbocycles. The van der Waals surface area contributed by atoms with Crippen molar-refractivity contribution in [1.29, 1.82) is 0 Å². The smallest absolute Gasteiger partial charge is 0.184 e. The van der Waals surface area contributed by atoms with Gasteiger partial charge in [0, 0.05) is 8.80 Å². The minimum Gasteiger partial charge on any atom is -0.394 e. The van der Waals surface area contributed by atoms with Crippen LogP contribution in [0.1, 0.15) is 20.8 Å². The second-order valence-corrected chi connectivity index (χ2v) is 9.47. The van der Waals surface area contributed by atoms with Gasteiger partial charge < -0.3 is 30.3 Å². The first kappa shape index (κ1) is 19.0. The van der Waals surface area contributed by atoms with E-state index in [0.717, 1.165) is 0 Å². The number of hydrogen-bond acceptors (Lipinski definition) is 6. The molecule has 1 fully saturated rings. The van der Waals surface area contributed by atoms with Crippen molar-refractivity contribution in [3.8, 4) is 0 Å². The van der Waals surface area contributed by atoms with E-state index in [-0.39, 0.29) is 8.80 Å². The standard InChI is InChI=1S/C6H12O6.C6H15Si/c7-1-2-3(8)4(9)5(10)6(11)12-2;1-6(2,3)7(4)5/h2-11H,1H2;1-5H3/t2-,3-,4+,5-,6+;/m1./s1. The Hall–Kier alpha value is -0.0231. The average molecular weight is 295 g/mol. The molecule has 19 heavy (non-hydrogen) atoms. The van der Waals surface area contributed by atoms with E-state index in [1.165, 1.54) is 0 Å². The predicted octanol–water partition coefficient (Wildman–Crippen LogP) is -0.681. The number of hydrogen-bond donors (Lipinski definition) is 5. The number of aliphatic hydroxyl groups excluding tert-OH is 5. The summed E-state index contributed by atoms with van der Waals surface area (Å²) < 4.78 is 4.58. The molecular weight excluding hydrogens is 268 g/mol. The van der Waals surface area contributed by atoms with Crippen LogP contribution in [0, 0.1) is 0 Å². The molecule has 0 aromatic heterocycles. The lowest BCUT2D eigenvalue weighted by Crippen LogP contribution is -2.58. The summed E-state index contributed by atoms with van der Waals surface area (Å²) >= 11 is 0. The van der Waals surface area contributed by atoms with E-state index in [0.29, 0.717) is 5.04 Å². The van der Waals surface area contributed by atoms with Gasteiger partial charge in [0.2, 0.25) is 0 Å². The molecule has 5 atom stereocenters. The SMILES string of the molecule is C[Si](C)C(C)(C)C.OC[C@H]1O[C@H](O)[C@H](O)[C@@H](O)[C@@H]1O. The van der Waals surface area contributed by atoms with Gasteiger partial charge in [-0.2, -0.15) is 0 Å². The van der Waals surface area contributed by atoms with Gasteiger partial charge in [0.15, 0.2) is 6.29 Å². The van der Waals surface area contributed by atoms with E-state index >= 15 is 0 Å². The predicted molar refractivity (Wildman–Crippen MR) is 73.2 cm³/mol. The van der Waals surface area contributed by atoms with Crippen LogP contribution in [-0.2, 0) is 4.74 Å². The third-order valence-electron chi connectivity index (χ3n) is 3.37. The minimum absolute atomic E-state index is 0.0502. The van der Waals surface area contributed by atoms with Crippen LogP contribution in [0.3, 0.4) is 0 Å². The van der Waals surface area contributed by atoms with Gasteiger partial charge in [-0.25, -0.2) is 0 Å². The van der Waals surface area contributed by atoms with Gasteiger partial charge in [-0.05, 0) is 5.04 Å². The highest BCUT2D eigenvalue weighted by atomic mass is 28.3. The van der Waals surface area contributed by atoms with E-state index in [9.17, 15) is 0 Å². The van der Waals surface area contributed by atoms with E-state index in [4.69, 9.17) is 25.5 Å². The number of aliphatic hydroxyl groups is 5. The Morgan fingerprint density at radius 1 is 0.947 bits per heavy atom. The Labute approximate surface area is 116 Å². The first-order valence-corrected chi connectivity index (χ1v) is 8.81. The van der Waals surface area contributed by atoms with Crippen molar-refractivity contribution in [2.75, 3.05) is 6.61 Å². The third-order valence-corrected chi connectivity index (χ3v) is 6.37. The molecule has 6 nitrogen and oxygen atoms in total. The zero-order valence-electron chi connectivity index (χ0n) is 12.2. The summed E-state index contributed by atoms with van der Waals surface area (Å²) in [4.78, 5) is 0. The summed E-state index contributed by atoms with van der Waals surface area (Å²) in [6.07, 6.45) is -7.04. The summed E-state index contributed by atoms with van der Waals surface area (Å²) in [5.41, 5.74) is 0. The highest BCUT2D eigenvalue weighted by Gasteiger charge is 2.42. The molecular formula is C12H27O6Si. The Kier molecular flexibility index (Phi) is 7.67. The molecule has 7 heteroatoms. The molecule has 0 aliphatic carbocycles. The van der Waals surface area contributed by atoms with Crippen LogP contribution in [0.15, 0.2) is 0 Å². The van der Waals surface area contributed by atoms with E-state index < -0.39 is 37.3 Å². The van der Waals surface area contributed by atoms with Crippen LogP contribution < -0.4 is 0 Å². The van der Waals surface area contributed by atoms with Crippen molar-refractivity contribution in [3.63, 3.8) is 0 Å². The Bertz CT molecular complexity index is 250. The van der Waals surface area contributed by atoms with Crippen molar-refractivity contribution >= 4 is 8.80 Å². The lowest BCUT2D eigenvalue weighted by molar-refractivity contribution is -0.286. The van der Waals surface area contributed by atoms with Gasteiger partial charge in [-0.3, -0.25) is 0 Å². The van der Waals surface area contributed by atoms with Crippen LogP contribution in [0.4, 0.5) is 0 Å². The van der Waals surface area contributed by atoms with Crippen LogP contribution in [0.2, 0.25) is 18.1 Å². The van der Waals surface area contributed by atoms with Gasteiger partial charge in [-0.15, -0.1) is 0 Å². The summed E-state index contributed by atoms with van der Waals surface area (Å²) in [5.74, 6) is 0. The molecule has 1 radical (unpaired) electrons. The molecule has 0 aromatic rings. The van der Waals surface area contributed by atoms with Gasteiger partial charge in [-0.1, -0.05) is 33.9 Å². The van der Waals surface area contributed by atoms with Crippen molar-refractivity contribution in [2.24, 2.45) is 0 Å². The lowest BCUT2D eigenvalue weighted by atomic mass is 10.00. The number of rotatable bonds is 1. The molecule has 1 aliphatic rings. The van der Waals surface area contributed by atoms with Crippen molar-refractivity contribution in [1.82, 2.24) is 0 Å². The molecule has 115 valence electrons. The third kappa shape index (κ3) is 5.86. The summed E-state index contributed by atoms with van der Waals surface area (Å²) in [6, 6.07) is 0. The van der Waals surface area contributed by atoms with Gasteiger partial charge >= 0.3 is 0 Å². The summed E-state index contributed by atoms with van der Waals surface area (Å²) in [7, 11) is -0.0502. The molecule has 0 amide bonds. The fraction of sp³-hybridized carbons (Fsp3) is 1.00. The molecule has 1 rings (SSSR count). The molecule has 1 saturated heterocycles. The monoisotopic (exact) mass is 295 g/mol. The van der Waals surface area contributed by atoms with Crippen LogP contribution >= 0.6 is 0 Å². The molecule has 0 unspecified atom stereocenters. The molecule has 0 bridgehead atoms. The highest BCUT2D eigenvalue weighted by molar-refractivity contribution is 6.59. The molecule has 0 spiro atoms. The normalized spacial score (nSPS) is 35.8. The van der Waals surface area contributed by atoms with Crippen molar-refractivity contribution in [3.05, 3.63) is 0 Å². The van der Waals surface area contributed by atoms with Crippen molar-refractivity contribution < 1.29 is 30.3 Å². The van der Waals surface area contributed by atoms with E-state index in [1.807, 2.05) is 0 Å². The maximum Gasteiger partial charge on any atom is 0.184 e. The van der Waals surface area contributed by atoms with Gasteiger partial charge in [0.1, 0.15) is 24.4 Å². The van der Waals surface area contributed by atoms with Crippen LogP contribution in [0.5, 0.6) is 0 Å². The highest BCUT2D eigenvalue weighted by Crippen LogP contribution is 2.25. The maximum absolute atomic E-state index is 9.12. The summed E-state index contributed by atoms with van der Waals surface area (Å²) in [6.45, 7) is 11.1. The molecule has 1 aliphatic heterocycles. The fourth-order valence-corrected chi connectivity index (χ4v) is 1.08. The minimum atomic E-state index is -1.57. The zero-order valence-corrected chi connectivity index (χ0v) is 13.2. The molecule has 5 N–H and O–H groups in total. The largest absolute Gasteiger partial charge is 0.394 e. The molecule has 0 saturated carbocycles. The quantitative estimate of drug-likeness (QED) is 0.410. The first-order chi connectivity index (χ1) is 8.52. The van der Waals surface area contributed by atoms with Crippen LogP contribution in [0.25, 0.3) is 0 Å². The van der Waals surface area contributed by atoms with Crippen molar-refractivity contribution in [2.45, 2.75) is 69.6 Å². The van der Waals surface area contributed by atoms with E-state index in [1.54, 1.807) is 0 Å². The Balaban J connectivity index is 0.000000399. The summed E-state index contributed by atoms with van der Waals surface area (Å²) in [5, 5.41) is 45.3. The molecule has 1 heterocycles. The zero-order chi connectivity index (χ0) is 15.4. The van der Waals surface area contributed by atoms with E-state index in [2.05, 4.69) is 38.6 Å². The number of ether oxygens (including phenoxy) is 1. The average Bonchev–Trinajstić information content (AvgIpc) is 2.30. The Morgan fingerprint density at radius 2 is 1.37 bits per heavy atom. The Morgan fingerprint density at radius 3 is 1.68 bits per heavy atom. The maximum atomic E-state index is 9.12. The van der Waals surface area contributed by atoms with Gasteiger partial charge in [0.05, 0.1) is 6.61 Å². The first-order valence-electron chi connectivity index (χ1n) is 6.31.